The Morgan fingerprint density at radius 1 is 1.26 bits per heavy atom. The smallest absolute Gasteiger partial charge is 0.339 e. The molecule has 0 saturated heterocycles. The topological polar surface area (TPSA) is 95.5 Å². The second-order valence-electron chi connectivity index (χ2n) is 4.74. The van der Waals surface area contributed by atoms with Crippen LogP contribution >= 0.6 is 11.6 Å². The fourth-order valence-electron chi connectivity index (χ4n) is 1.79. The lowest BCUT2D eigenvalue weighted by Crippen LogP contribution is -2.09. The molecule has 2 aromatic carbocycles. The molecule has 0 aromatic heterocycles. The number of nitro groups is 1. The highest BCUT2D eigenvalue weighted by atomic mass is 35.5. The number of carbonyl (C=O) groups excluding carboxylic acids is 1. The summed E-state index contributed by atoms with van der Waals surface area (Å²) in [6.07, 6.45) is 1.56. The van der Waals surface area contributed by atoms with Gasteiger partial charge in [-0.2, -0.15) is 0 Å². The van der Waals surface area contributed by atoms with Crippen molar-refractivity contribution in [3.05, 3.63) is 68.7 Å². The molecule has 7 heteroatoms. The van der Waals surface area contributed by atoms with Crippen LogP contribution in [0.2, 0.25) is 5.02 Å². The third kappa shape index (κ3) is 4.31. The van der Waals surface area contributed by atoms with E-state index >= 15 is 0 Å². The van der Waals surface area contributed by atoms with Gasteiger partial charge in [-0.05, 0) is 48.9 Å². The highest BCUT2D eigenvalue weighted by Crippen LogP contribution is 2.22. The van der Waals surface area contributed by atoms with Gasteiger partial charge in [0.1, 0.15) is 5.75 Å². The van der Waals surface area contributed by atoms with E-state index < -0.39 is 10.9 Å². The van der Waals surface area contributed by atoms with Crippen molar-refractivity contribution in [1.82, 2.24) is 0 Å². The van der Waals surface area contributed by atoms with E-state index in [1.165, 1.54) is 24.3 Å². The highest BCUT2D eigenvalue weighted by molar-refractivity contribution is 6.30. The van der Waals surface area contributed by atoms with Gasteiger partial charge >= 0.3 is 5.97 Å². The van der Waals surface area contributed by atoms with Gasteiger partial charge in [0, 0.05) is 28.4 Å². The maximum absolute atomic E-state index is 12.0. The van der Waals surface area contributed by atoms with Gasteiger partial charge in [0.05, 0.1) is 4.92 Å². The van der Waals surface area contributed by atoms with E-state index in [1.807, 2.05) is 0 Å². The molecular formula is C16H13ClN2O4. The largest absolute Gasteiger partial charge is 0.423 e. The number of hydrogen-bond donors (Lipinski definition) is 1. The summed E-state index contributed by atoms with van der Waals surface area (Å²) in [5, 5.41) is 11.1. The number of nitrogens with two attached hydrogens (primary N) is 1. The number of hydrogen-bond acceptors (Lipinski definition) is 5. The Bertz CT molecular complexity index is 785. The number of rotatable bonds is 4. The zero-order chi connectivity index (χ0) is 17.0. The summed E-state index contributed by atoms with van der Waals surface area (Å²) in [5.74, 6) is -0.370. The third-order valence-corrected chi connectivity index (χ3v) is 3.24. The molecule has 0 saturated carbocycles. The fraction of sp³-hybridized carbons (Fsp3) is 0.0625. The number of carbonyl (C=O) groups is 1. The van der Waals surface area contributed by atoms with Crippen LogP contribution in [0.15, 0.2) is 48.0 Å². The summed E-state index contributed by atoms with van der Waals surface area (Å²) >= 11 is 5.89. The van der Waals surface area contributed by atoms with Crippen molar-refractivity contribution in [1.29, 1.82) is 0 Å². The first-order valence-corrected chi connectivity index (χ1v) is 6.94. The summed E-state index contributed by atoms with van der Waals surface area (Å²) in [6, 6.07) is 10.2. The average molecular weight is 333 g/mol. The van der Waals surface area contributed by atoms with Gasteiger partial charge in [-0.15, -0.1) is 0 Å². The minimum absolute atomic E-state index is 0.0798. The van der Waals surface area contributed by atoms with E-state index in [4.69, 9.17) is 22.1 Å². The number of nitrogen functional groups attached to an aromatic ring is 1. The molecule has 0 fully saturated rings. The van der Waals surface area contributed by atoms with Gasteiger partial charge in [-0.1, -0.05) is 11.6 Å². The highest BCUT2D eigenvalue weighted by Gasteiger charge is 2.10. The molecule has 2 rings (SSSR count). The van der Waals surface area contributed by atoms with Crippen LogP contribution in [0.3, 0.4) is 0 Å². The number of halogens is 1. The van der Waals surface area contributed by atoms with Gasteiger partial charge in [0.25, 0.3) is 5.69 Å². The Morgan fingerprint density at radius 2 is 1.91 bits per heavy atom. The van der Waals surface area contributed by atoms with Crippen LogP contribution in [0.25, 0.3) is 6.08 Å². The van der Waals surface area contributed by atoms with E-state index in [-0.39, 0.29) is 11.4 Å². The minimum atomic E-state index is -0.585. The van der Waals surface area contributed by atoms with E-state index in [0.29, 0.717) is 21.8 Å². The molecule has 2 N–H and O–H groups in total. The lowest BCUT2D eigenvalue weighted by molar-refractivity contribution is -0.384. The standard InChI is InChI=1S/C16H13ClN2O4/c1-10(8-11-9-12(17)2-7-15(11)18)16(20)23-14-5-3-13(4-6-14)19(21)22/h2-9H,18H2,1H3/b10-8+. The van der Waals surface area contributed by atoms with Crippen LogP contribution < -0.4 is 10.5 Å². The summed E-state index contributed by atoms with van der Waals surface area (Å²) < 4.78 is 5.15. The molecule has 0 aliphatic rings. The molecule has 118 valence electrons. The fourth-order valence-corrected chi connectivity index (χ4v) is 1.97. The molecule has 0 spiro atoms. The second-order valence-corrected chi connectivity index (χ2v) is 5.18. The molecule has 0 aliphatic carbocycles. The predicted molar refractivity (Wildman–Crippen MR) is 88.2 cm³/mol. The molecule has 0 bridgehead atoms. The van der Waals surface area contributed by atoms with E-state index in [1.54, 1.807) is 31.2 Å². The molecule has 0 amide bonds. The SMILES string of the molecule is C/C(=C\c1cc(Cl)ccc1N)C(=O)Oc1ccc([N+](=O)[O-])cc1. The number of esters is 1. The zero-order valence-corrected chi connectivity index (χ0v) is 12.9. The van der Waals surface area contributed by atoms with Crippen molar-refractivity contribution < 1.29 is 14.5 Å². The molecule has 23 heavy (non-hydrogen) atoms. The van der Waals surface area contributed by atoms with Crippen LogP contribution in [0.1, 0.15) is 12.5 Å². The number of ether oxygens (including phenoxy) is 1. The molecule has 0 atom stereocenters. The monoisotopic (exact) mass is 332 g/mol. The summed E-state index contributed by atoms with van der Waals surface area (Å²) in [7, 11) is 0. The van der Waals surface area contributed by atoms with Crippen molar-refractivity contribution in [2.24, 2.45) is 0 Å². The maximum Gasteiger partial charge on any atom is 0.339 e. The first-order chi connectivity index (χ1) is 10.9. The Hall–Kier alpha value is -2.86. The summed E-state index contributed by atoms with van der Waals surface area (Å²) in [6.45, 7) is 1.58. The van der Waals surface area contributed by atoms with Crippen molar-refractivity contribution in [3.63, 3.8) is 0 Å². The average Bonchev–Trinajstić information content (AvgIpc) is 2.51. The number of anilines is 1. The Morgan fingerprint density at radius 3 is 2.52 bits per heavy atom. The molecule has 6 nitrogen and oxygen atoms in total. The third-order valence-electron chi connectivity index (χ3n) is 3.00. The Kier molecular flexibility index (Phi) is 4.98. The Labute approximate surface area is 137 Å². The van der Waals surface area contributed by atoms with Crippen LogP contribution in [0.5, 0.6) is 5.75 Å². The first-order valence-electron chi connectivity index (χ1n) is 6.57. The number of benzene rings is 2. The van der Waals surface area contributed by atoms with Gasteiger partial charge in [-0.3, -0.25) is 10.1 Å². The van der Waals surface area contributed by atoms with Crippen molar-refractivity contribution in [2.75, 3.05) is 5.73 Å². The van der Waals surface area contributed by atoms with Gasteiger partial charge in [0.15, 0.2) is 0 Å². The molecule has 0 unspecified atom stereocenters. The van der Waals surface area contributed by atoms with Crippen LogP contribution in [-0.2, 0) is 4.79 Å². The van der Waals surface area contributed by atoms with Crippen molar-refractivity contribution in [3.8, 4) is 5.75 Å². The lowest BCUT2D eigenvalue weighted by atomic mass is 10.1. The quantitative estimate of drug-likeness (QED) is 0.229. The normalized spacial score (nSPS) is 11.1. The van der Waals surface area contributed by atoms with Gasteiger partial charge in [0.2, 0.25) is 0 Å². The predicted octanol–water partition coefficient (Wildman–Crippen LogP) is 3.84. The molecule has 0 heterocycles. The van der Waals surface area contributed by atoms with Crippen molar-refractivity contribution in [2.45, 2.75) is 6.92 Å². The van der Waals surface area contributed by atoms with E-state index in [2.05, 4.69) is 0 Å². The van der Waals surface area contributed by atoms with Crippen molar-refractivity contribution >= 4 is 35.0 Å². The second kappa shape index (κ2) is 6.93. The number of nitrogens with zero attached hydrogens (tertiary/aromatic N) is 1. The van der Waals surface area contributed by atoms with Crippen LogP contribution in [0, 0.1) is 10.1 Å². The summed E-state index contributed by atoms with van der Waals surface area (Å²) in [5.41, 5.74) is 7.14. The van der Waals surface area contributed by atoms with Crippen LogP contribution in [0.4, 0.5) is 11.4 Å². The molecule has 2 aromatic rings. The van der Waals surface area contributed by atoms with Gasteiger partial charge < -0.3 is 10.5 Å². The molecule has 0 aliphatic heterocycles. The zero-order valence-electron chi connectivity index (χ0n) is 12.2. The lowest BCUT2D eigenvalue weighted by Gasteiger charge is -2.06. The minimum Gasteiger partial charge on any atom is -0.423 e. The summed E-state index contributed by atoms with van der Waals surface area (Å²) in [4.78, 5) is 22.1. The molecular weight excluding hydrogens is 320 g/mol. The number of nitro benzene ring substituents is 1. The molecule has 0 radical (unpaired) electrons. The van der Waals surface area contributed by atoms with E-state index in [0.717, 1.165) is 0 Å². The van der Waals surface area contributed by atoms with Crippen LogP contribution in [-0.4, -0.2) is 10.9 Å². The maximum atomic E-state index is 12.0. The number of non-ortho nitro benzene ring substituents is 1. The van der Waals surface area contributed by atoms with Gasteiger partial charge in [-0.25, -0.2) is 4.79 Å². The first kappa shape index (κ1) is 16.5. The Balaban J connectivity index is 2.14. The van der Waals surface area contributed by atoms with E-state index in [9.17, 15) is 14.9 Å².